The smallest absolute Gasteiger partial charge is 0.253 e. The molecule has 5 nitrogen and oxygen atoms in total. The number of nitrogens with zero attached hydrogens (tertiary/aromatic N) is 2. The molecule has 1 aliphatic rings. The van der Waals surface area contributed by atoms with Gasteiger partial charge in [0.15, 0.2) is 0 Å². The molecule has 2 amide bonds. The summed E-state index contributed by atoms with van der Waals surface area (Å²) in [6.45, 7) is 7.59. The molecule has 2 atom stereocenters. The van der Waals surface area contributed by atoms with Crippen LogP contribution in [0.15, 0.2) is 18.2 Å². The summed E-state index contributed by atoms with van der Waals surface area (Å²) in [6.07, 6.45) is 1.69. The SMILES string of the molecule is Cc1cc(C)cc(C(=O)N2CCCC(C(=O)N(C)C(C)CN)C2)c1. The molecule has 0 spiro atoms. The zero-order valence-electron chi connectivity index (χ0n) is 15.2. The molecule has 2 unspecified atom stereocenters. The molecule has 2 rings (SSSR count). The second-order valence-electron chi connectivity index (χ2n) is 7.00. The first kappa shape index (κ1) is 18.5. The van der Waals surface area contributed by atoms with Gasteiger partial charge in [0.2, 0.25) is 5.91 Å². The van der Waals surface area contributed by atoms with Crippen LogP contribution in [-0.2, 0) is 4.79 Å². The number of amides is 2. The molecule has 1 fully saturated rings. The van der Waals surface area contributed by atoms with Crippen molar-refractivity contribution < 1.29 is 9.59 Å². The molecule has 5 heteroatoms. The molecule has 0 aliphatic carbocycles. The Bertz CT molecular complexity index is 594. The van der Waals surface area contributed by atoms with Crippen molar-refractivity contribution in [1.29, 1.82) is 0 Å². The molecular formula is C19H29N3O2. The molecule has 0 saturated carbocycles. The van der Waals surface area contributed by atoms with Gasteiger partial charge in [0.05, 0.1) is 5.92 Å². The number of likely N-dealkylation sites (N-methyl/N-ethyl adjacent to an activating group) is 1. The molecule has 0 bridgehead atoms. The van der Waals surface area contributed by atoms with Crippen molar-refractivity contribution in [3.63, 3.8) is 0 Å². The fourth-order valence-corrected chi connectivity index (χ4v) is 3.31. The fraction of sp³-hybridized carbons (Fsp3) is 0.579. The summed E-state index contributed by atoms with van der Waals surface area (Å²) in [4.78, 5) is 29.0. The van der Waals surface area contributed by atoms with E-state index >= 15 is 0 Å². The van der Waals surface area contributed by atoms with Gasteiger partial charge in [-0.1, -0.05) is 17.2 Å². The molecule has 2 N–H and O–H groups in total. The minimum absolute atomic E-state index is 0.0167. The summed E-state index contributed by atoms with van der Waals surface area (Å²) in [5.74, 6) is -0.0210. The van der Waals surface area contributed by atoms with Crippen LogP contribution in [0.2, 0.25) is 0 Å². The summed E-state index contributed by atoms with van der Waals surface area (Å²) >= 11 is 0. The van der Waals surface area contributed by atoms with Crippen LogP contribution in [0.5, 0.6) is 0 Å². The first-order chi connectivity index (χ1) is 11.3. The second-order valence-corrected chi connectivity index (χ2v) is 7.00. The number of carbonyl (C=O) groups is 2. The van der Waals surface area contributed by atoms with Gasteiger partial charge in [-0.05, 0) is 45.7 Å². The Morgan fingerprint density at radius 1 is 1.29 bits per heavy atom. The third kappa shape index (κ3) is 4.15. The predicted molar refractivity (Wildman–Crippen MR) is 95.8 cm³/mol. The zero-order chi connectivity index (χ0) is 17.9. The molecule has 0 aromatic heterocycles. The monoisotopic (exact) mass is 331 g/mol. The number of benzene rings is 1. The van der Waals surface area contributed by atoms with Crippen molar-refractivity contribution in [3.05, 3.63) is 34.9 Å². The van der Waals surface area contributed by atoms with Crippen LogP contribution < -0.4 is 5.73 Å². The van der Waals surface area contributed by atoms with E-state index in [1.807, 2.05) is 37.8 Å². The third-order valence-corrected chi connectivity index (χ3v) is 4.88. The van der Waals surface area contributed by atoms with E-state index in [-0.39, 0.29) is 23.8 Å². The molecule has 1 aliphatic heterocycles. The average molecular weight is 331 g/mol. The number of aryl methyl sites for hydroxylation is 2. The number of likely N-dealkylation sites (tertiary alicyclic amines) is 1. The van der Waals surface area contributed by atoms with Gasteiger partial charge < -0.3 is 15.5 Å². The maximum Gasteiger partial charge on any atom is 0.253 e. The summed E-state index contributed by atoms with van der Waals surface area (Å²) in [6, 6.07) is 5.91. The van der Waals surface area contributed by atoms with Crippen LogP contribution in [0.4, 0.5) is 0 Å². The Morgan fingerprint density at radius 2 is 1.92 bits per heavy atom. The highest BCUT2D eigenvalue weighted by Gasteiger charge is 2.31. The maximum atomic E-state index is 12.8. The quantitative estimate of drug-likeness (QED) is 0.917. The molecule has 0 radical (unpaired) electrons. The highest BCUT2D eigenvalue weighted by Crippen LogP contribution is 2.22. The average Bonchev–Trinajstić information content (AvgIpc) is 2.58. The summed E-state index contributed by atoms with van der Waals surface area (Å²) in [7, 11) is 1.80. The number of nitrogens with two attached hydrogens (primary N) is 1. The van der Waals surface area contributed by atoms with E-state index in [1.165, 1.54) is 0 Å². The van der Waals surface area contributed by atoms with E-state index < -0.39 is 0 Å². The minimum atomic E-state index is -0.132. The summed E-state index contributed by atoms with van der Waals surface area (Å²) in [5.41, 5.74) is 8.54. The van der Waals surface area contributed by atoms with Crippen LogP contribution >= 0.6 is 0 Å². The lowest BCUT2D eigenvalue weighted by atomic mass is 9.95. The molecule has 1 saturated heterocycles. The summed E-state index contributed by atoms with van der Waals surface area (Å²) < 4.78 is 0. The molecule has 1 aromatic rings. The van der Waals surface area contributed by atoms with Crippen molar-refractivity contribution >= 4 is 11.8 Å². The molecule has 132 valence electrons. The molecule has 1 heterocycles. The normalized spacial score (nSPS) is 19.0. The number of hydrogen-bond acceptors (Lipinski definition) is 3. The van der Waals surface area contributed by atoms with Crippen LogP contribution in [-0.4, -0.2) is 54.3 Å². The van der Waals surface area contributed by atoms with Crippen LogP contribution in [0, 0.1) is 19.8 Å². The van der Waals surface area contributed by atoms with Gasteiger partial charge in [-0.25, -0.2) is 0 Å². The number of hydrogen-bond donors (Lipinski definition) is 1. The molecular weight excluding hydrogens is 302 g/mol. The van der Waals surface area contributed by atoms with E-state index in [0.717, 1.165) is 24.0 Å². The first-order valence-electron chi connectivity index (χ1n) is 8.67. The highest BCUT2D eigenvalue weighted by atomic mass is 16.2. The van der Waals surface area contributed by atoms with E-state index in [1.54, 1.807) is 11.9 Å². The van der Waals surface area contributed by atoms with Gasteiger partial charge in [0, 0.05) is 38.3 Å². The van der Waals surface area contributed by atoms with Crippen LogP contribution in [0.3, 0.4) is 0 Å². The van der Waals surface area contributed by atoms with Gasteiger partial charge in [-0.2, -0.15) is 0 Å². The number of carbonyl (C=O) groups excluding carboxylic acids is 2. The fourth-order valence-electron chi connectivity index (χ4n) is 3.31. The zero-order valence-corrected chi connectivity index (χ0v) is 15.2. The minimum Gasteiger partial charge on any atom is -0.341 e. The Balaban J connectivity index is 2.09. The van der Waals surface area contributed by atoms with E-state index in [9.17, 15) is 9.59 Å². The number of rotatable bonds is 4. The summed E-state index contributed by atoms with van der Waals surface area (Å²) in [5, 5.41) is 0. The number of piperidine rings is 1. The Kier molecular flexibility index (Phi) is 5.99. The van der Waals surface area contributed by atoms with Gasteiger partial charge >= 0.3 is 0 Å². The van der Waals surface area contributed by atoms with Crippen LogP contribution in [0.1, 0.15) is 41.3 Å². The van der Waals surface area contributed by atoms with Crippen molar-refractivity contribution in [1.82, 2.24) is 9.80 Å². The Labute approximate surface area is 144 Å². The second kappa shape index (κ2) is 7.79. The van der Waals surface area contributed by atoms with Crippen molar-refractivity contribution in [2.75, 3.05) is 26.7 Å². The Morgan fingerprint density at radius 3 is 2.50 bits per heavy atom. The standard InChI is InChI=1S/C19H29N3O2/c1-13-8-14(2)10-17(9-13)19(24)22-7-5-6-16(12-22)18(23)21(4)15(3)11-20/h8-10,15-16H,5-7,11-12,20H2,1-4H3. The third-order valence-electron chi connectivity index (χ3n) is 4.88. The van der Waals surface area contributed by atoms with Crippen LogP contribution in [0.25, 0.3) is 0 Å². The molecule has 24 heavy (non-hydrogen) atoms. The molecule has 1 aromatic carbocycles. The lowest BCUT2D eigenvalue weighted by Crippen LogP contribution is -2.49. The van der Waals surface area contributed by atoms with E-state index in [2.05, 4.69) is 6.07 Å². The lowest BCUT2D eigenvalue weighted by molar-refractivity contribution is -0.137. The van der Waals surface area contributed by atoms with Gasteiger partial charge in [0.1, 0.15) is 0 Å². The van der Waals surface area contributed by atoms with E-state index in [0.29, 0.717) is 25.2 Å². The highest BCUT2D eigenvalue weighted by molar-refractivity contribution is 5.95. The van der Waals surface area contributed by atoms with Gasteiger partial charge in [-0.3, -0.25) is 9.59 Å². The Hall–Kier alpha value is -1.88. The van der Waals surface area contributed by atoms with Gasteiger partial charge in [0.25, 0.3) is 5.91 Å². The maximum absolute atomic E-state index is 12.8. The lowest BCUT2D eigenvalue weighted by Gasteiger charge is -2.35. The van der Waals surface area contributed by atoms with Crippen molar-refractivity contribution in [2.24, 2.45) is 11.7 Å². The van der Waals surface area contributed by atoms with Crippen molar-refractivity contribution in [3.8, 4) is 0 Å². The first-order valence-corrected chi connectivity index (χ1v) is 8.67. The topological polar surface area (TPSA) is 66.6 Å². The largest absolute Gasteiger partial charge is 0.341 e. The predicted octanol–water partition coefficient (Wildman–Crippen LogP) is 1.96. The van der Waals surface area contributed by atoms with E-state index in [4.69, 9.17) is 5.73 Å². The van der Waals surface area contributed by atoms with Crippen molar-refractivity contribution in [2.45, 2.75) is 39.7 Å². The van der Waals surface area contributed by atoms with Gasteiger partial charge in [-0.15, -0.1) is 0 Å².